The van der Waals surface area contributed by atoms with Gasteiger partial charge in [-0.25, -0.2) is 4.57 Å². The molecule has 0 spiro atoms. The third kappa shape index (κ3) is 39.8. The number of carboxylic acid groups (broad SMARTS) is 1. The van der Waals surface area contributed by atoms with Crippen molar-refractivity contribution in [3.63, 3.8) is 0 Å². The summed E-state index contributed by atoms with van der Waals surface area (Å²) in [6.07, 6.45) is 45.3. The second-order valence-electron chi connectivity index (χ2n) is 14.3. The Bertz CT molecular complexity index is 1340. The van der Waals surface area contributed by atoms with Crippen LogP contribution in [0.3, 0.4) is 0 Å². The van der Waals surface area contributed by atoms with Crippen molar-refractivity contribution in [1.82, 2.24) is 0 Å². The molecule has 0 fully saturated rings. The Morgan fingerprint density at radius 2 is 1.15 bits per heavy atom. The quantitative estimate of drug-likeness (QED) is 0.0151. The van der Waals surface area contributed by atoms with Crippen LogP contribution in [0.4, 0.5) is 0 Å². The van der Waals surface area contributed by atoms with Gasteiger partial charge in [0.05, 0.1) is 19.3 Å². The Kier molecular flexibility index (Phi) is 37.8. The molecule has 0 amide bonds. The summed E-state index contributed by atoms with van der Waals surface area (Å²) in [7, 11) is -4.77. The predicted molar refractivity (Wildman–Crippen MR) is 236 cm³/mol. The van der Waals surface area contributed by atoms with E-state index < -0.39 is 63.8 Å². The van der Waals surface area contributed by atoms with Crippen LogP contribution in [0, 0.1) is 0 Å². The predicted octanol–water partition coefficient (Wildman–Crippen LogP) is 10.5. The number of aliphatic carboxylic acids is 1. The van der Waals surface area contributed by atoms with E-state index in [9.17, 15) is 28.9 Å². The topological polar surface area (TPSA) is 192 Å². The van der Waals surface area contributed by atoms with Gasteiger partial charge in [0.1, 0.15) is 12.6 Å². The first kappa shape index (κ1) is 55.6. The van der Waals surface area contributed by atoms with Gasteiger partial charge >= 0.3 is 25.7 Å². The molecule has 5 N–H and O–H groups in total. The summed E-state index contributed by atoms with van der Waals surface area (Å²) in [4.78, 5) is 46.0. The van der Waals surface area contributed by atoms with Crippen molar-refractivity contribution in [1.29, 1.82) is 0 Å². The summed E-state index contributed by atoms with van der Waals surface area (Å²) in [5.74, 6) is -2.63. The minimum Gasteiger partial charge on any atom is -0.480 e. The van der Waals surface area contributed by atoms with Crippen molar-refractivity contribution in [2.24, 2.45) is 5.73 Å². The number of hydrogen-bond donors (Lipinski definition) is 4. The number of phosphoric acid groups is 1. The number of allylic oxidation sites excluding steroid dienone is 13. The standard InChI is InChI=1S/C46H76NO11P/c1-3-5-7-9-11-13-15-17-18-19-20-22-24-26-28-30-32-36-45(50)58-42(39-56-59(53,54)57-40-43(47)46(51)52)38-55-44(49)37-33-35-41(48)34-31-29-27-25-23-21-16-14-12-10-8-6-4-2/h6,8,11-14,17-18,21,23,27,29,31,34,41-43,48H,3-5,7,9-10,15-16,19-20,22,24-26,28,30,32-33,35-40,47H2,1-2H3,(H,51,52)(H,53,54)/b8-6-,13-11-,14-12-,18-17-,23-21-,29-27-,34-31+/t41?,42-,43+/m1/s1. The number of nitrogens with two attached hydrogens (primary N) is 1. The van der Waals surface area contributed by atoms with Gasteiger partial charge in [-0.15, -0.1) is 0 Å². The minimum atomic E-state index is -4.77. The van der Waals surface area contributed by atoms with E-state index >= 15 is 0 Å². The Hall–Kier alpha value is -3.38. The van der Waals surface area contributed by atoms with Gasteiger partial charge in [-0.2, -0.15) is 0 Å². The molecule has 0 saturated carbocycles. The van der Waals surface area contributed by atoms with Crippen LogP contribution in [0.1, 0.15) is 149 Å². The molecule has 2 unspecified atom stereocenters. The second kappa shape index (κ2) is 40.0. The van der Waals surface area contributed by atoms with E-state index in [0.717, 1.165) is 83.5 Å². The Labute approximate surface area is 355 Å². The van der Waals surface area contributed by atoms with Crippen LogP contribution in [-0.2, 0) is 37.5 Å². The molecule has 0 aromatic heterocycles. The normalized spacial score (nSPS) is 15.1. The lowest BCUT2D eigenvalue weighted by molar-refractivity contribution is -0.161. The zero-order valence-corrected chi connectivity index (χ0v) is 36.8. The van der Waals surface area contributed by atoms with Crippen LogP contribution >= 0.6 is 7.82 Å². The highest BCUT2D eigenvalue weighted by molar-refractivity contribution is 7.47. The first-order chi connectivity index (χ1) is 28.5. The summed E-state index contributed by atoms with van der Waals surface area (Å²) >= 11 is 0. The highest BCUT2D eigenvalue weighted by Crippen LogP contribution is 2.43. The van der Waals surface area contributed by atoms with Gasteiger partial charge in [0.15, 0.2) is 6.10 Å². The molecular formula is C46H76NO11P. The molecule has 336 valence electrons. The lowest BCUT2D eigenvalue weighted by atomic mass is 10.1. The van der Waals surface area contributed by atoms with E-state index in [-0.39, 0.29) is 12.8 Å². The molecule has 0 aliphatic carbocycles. The largest absolute Gasteiger partial charge is 0.480 e. The number of carbonyl (C=O) groups excluding carboxylic acids is 2. The van der Waals surface area contributed by atoms with Gasteiger partial charge in [-0.1, -0.05) is 144 Å². The molecule has 0 radical (unpaired) electrons. The third-order valence-electron chi connectivity index (χ3n) is 8.73. The molecule has 59 heavy (non-hydrogen) atoms. The number of rotatable bonds is 39. The van der Waals surface area contributed by atoms with E-state index in [0.29, 0.717) is 19.3 Å². The number of aliphatic hydroxyl groups is 1. The molecule has 12 nitrogen and oxygen atoms in total. The van der Waals surface area contributed by atoms with Crippen LogP contribution < -0.4 is 5.73 Å². The number of aliphatic hydroxyl groups excluding tert-OH is 1. The first-order valence-corrected chi connectivity index (χ1v) is 23.2. The number of esters is 2. The van der Waals surface area contributed by atoms with E-state index in [1.807, 2.05) is 12.2 Å². The van der Waals surface area contributed by atoms with Crippen molar-refractivity contribution >= 4 is 25.7 Å². The fourth-order valence-corrected chi connectivity index (χ4v) is 6.08. The van der Waals surface area contributed by atoms with Crippen molar-refractivity contribution in [3.05, 3.63) is 85.1 Å². The number of unbranched alkanes of at least 4 members (excludes halogenated alkanes) is 10. The van der Waals surface area contributed by atoms with E-state index in [1.54, 1.807) is 12.2 Å². The molecule has 0 bridgehead atoms. The Morgan fingerprint density at radius 3 is 1.76 bits per heavy atom. The van der Waals surface area contributed by atoms with Crippen molar-refractivity contribution in [3.8, 4) is 0 Å². The fourth-order valence-electron chi connectivity index (χ4n) is 5.30. The van der Waals surface area contributed by atoms with Crippen LogP contribution in [0.5, 0.6) is 0 Å². The summed E-state index contributed by atoms with van der Waals surface area (Å²) < 4.78 is 32.5. The fraction of sp³-hybridized carbons (Fsp3) is 0.630. The van der Waals surface area contributed by atoms with Gasteiger partial charge in [0, 0.05) is 12.8 Å². The van der Waals surface area contributed by atoms with E-state index in [4.69, 9.17) is 24.8 Å². The summed E-state index contributed by atoms with van der Waals surface area (Å²) in [5.41, 5.74) is 5.32. The zero-order valence-electron chi connectivity index (χ0n) is 35.9. The summed E-state index contributed by atoms with van der Waals surface area (Å²) in [6, 6.07) is -1.55. The first-order valence-electron chi connectivity index (χ1n) is 21.7. The number of carboxylic acids is 1. The van der Waals surface area contributed by atoms with Crippen molar-refractivity contribution < 1.29 is 52.6 Å². The highest BCUT2D eigenvalue weighted by atomic mass is 31.2. The van der Waals surface area contributed by atoms with Gasteiger partial charge in [0.25, 0.3) is 0 Å². The molecule has 0 aliphatic rings. The molecule has 13 heteroatoms. The summed E-state index contributed by atoms with van der Waals surface area (Å²) in [5, 5.41) is 19.1. The molecule has 0 saturated heterocycles. The molecule has 4 atom stereocenters. The zero-order chi connectivity index (χ0) is 43.7. The molecule has 0 heterocycles. The maximum absolute atomic E-state index is 12.6. The van der Waals surface area contributed by atoms with Crippen LogP contribution in [0.2, 0.25) is 0 Å². The average molecular weight is 850 g/mol. The maximum atomic E-state index is 12.6. The van der Waals surface area contributed by atoms with Gasteiger partial charge in [-0.05, 0) is 77.0 Å². The maximum Gasteiger partial charge on any atom is 0.472 e. The number of ether oxygens (including phenoxy) is 2. The van der Waals surface area contributed by atoms with Gasteiger partial charge in [-0.3, -0.25) is 23.4 Å². The van der Waals surface area contributed by atoms with Crippen molar-refractivity contribution in [2.45, 2.75) is 167 Å². The molecule has 0 aromatic rings. The number of hydrogen-bond acceptors (Lipinski definition) is 10. The van der Waals surface area contributed by atoms with Gasteiger partial charge in [0.2, 0.25) is 0 Å². The Morgan fingerprint density at radius 1 is 0.627 bits per heavy atom. The molecule has 0 aromatic carbocycles. The molecule has 0 aliphatic heterocycles. The monoisotopic (exact) mass is 850 g/mol. The van der Waals surface area contributed by atoms with Crippen LogP contribution in [-0.4, -0.2) is 71.1 Å². The van der Waals surface area contributed by atoms with Crippen molar-refractivity contribution in [2.75, 3.05) is 19.8 Å². The van der Waals surface area contributed by atoms with E-state index in [2.05, 4.69) is 79.1 Å². The number of carbonyl (C=O) groups is 3. The smallest absolute Gasteiger partial charge is 0.472 e. The number of phosphoric ester groups is 1. The average Bonchev–Trinajstić information content (AvgIpc) is 3.20. The highest BCUT2D eigenvalue weighted by Gasteiger charge is 2.28. The molecule has 0 rings (SSSR count). The SMILES string of the molecule is CC/C=C\C/C=C\C/C=C\C/C=C\C=C\C(O)CCCC(=O)OC[C@H](COP(=O)(O)OC[C@H](N)C(=O)O)OC(=O)CCCCCCCCC/C=C\C/C=C\CCCCC. The lowest BCUT2D eigenvalue weighted by Crippen LogP contribution is -2.34. The Balaban J connectivity index is 4.58. The third-order valence-corrected chi connectivity index (χ3v) is 9.68. The lowest BCUT2D eigenvalue weighted by Gasteiger charge is -2.20. The van der Waals surface area contributed by atoms with E-state index in [1.165, 1.54) is 19.3 Å². The van der Waals surface area contributed by atoms with Crippen LogP contribution in [0.25, 0.3) is 0 Å². The van der Waals surface area contributed by atoms with Crippen LogP contribution in [0.15, 0.2) is 85.1 Å². The summed E-state index contributed by atoms with van der Waals surface area (Å²) in [6.45, 7) is 2.44. The second-order valence-corrected chi connectivity index (χ2v) is 15.7. The van der Waals surface area contributed by atoms with Gasteiger partial charge < -0.3 is 30.3 Å². The molecular weight excluding hydrogens is 773 g/mol. The minimum absolute atomic E-state index is 0.0152.